The van der Waals surface area contributed by atoms with Crippen LogP contribution in [0.4, 0.5) is 5.69 Å². The minimum absolute atomic E-state index is 0.0865. The highest BCUT2D eigenvalue weighted by atomic mass is 16.2. The van der Waals surface area contributed by atoms with Crippen LogP contribution < -0.4 is 4.90 Å². The van der Waals surface area contributed by atoms with Crippen LogP contribution in [0.5, 0.6) is 0 Å². The molecule has 5 nitrogen and oxygen atoms in total. The Morgan fingerprint density at radius 2 is 1.59 bits per heavy atom. The summed E-state index contributed by atoms with van der Waals surface area (Å²) < 4.78 is 0. The van der Waals surface area contributed by atoms with Crippen LogP contribution in [-0.4, -0.2) is 66.4 Å². The first-order valence-electron chi connectivity index (χ1n) is 11.2. The number of piperazine rings is 1. The van der Waals surface area contributed by atoms with Gasteiger partial charge in [-0.25, -0.2) is 0 Å². The van der Waals surface area contributed by atoms with Crippen LogP contribution in [0.25, 0.3) is 0 Å². The molecule has 5 heteroatoms. The zero-order chi connectivity index (χ0) is 20.6. The number of carbonyl (C=O) groups excluding carboxylic acids is 1. The summed E-state index contributed by atoms with van der Waals surface area (Å²) in [5.74, 6) is 1.25. The van der Waals surface area contributed by atoms with Crippen molar-refractivity contribution >= 4 is 17.4 Å². The highest BCUT2D eigenvalue weighted by Gasteiger charge is 2.60. The minimum atomic E-state index is -0.325. The van der Waals surface area contributed by atoms with Gasteiger partial charge in [-0.2, -0.15) is 0 Å². The fourth-order valence-electron chi connectivity index (χ4n) is 5.36. The molecule has 2 aliphatic heterocycles. The summed E-state index contributed by atoms with van der Waals surface area (Å²) in [4.78, 5) is 26.2. The van der Waals surface area contributed by atoms with Crippen molar-refractivity contribution in [2.45, 2.75) is 64.5 Å². The number of hydrogen-bond acceptors (Lipinski definition) is 4. The number of nitrogens with zero attached hydrogens (tertiary/aromatic N) is 4. The number of anilines is 1. The summed E-state index contributed by atoms with van der Waals surface area (Å²) in [5, 5.41) is 0. The van der Waals surface area contributed by atoms with E-state index < -0.39 is 0 Å². The van der Waals surface area contributed by atoms with Crippen molar-refractivity contribution in [3.05, 3.63) is 30.3 Å². The number of likely N-dealkylation sites (N-methyl/N-ethyl adjacent to an activating group) is 1. The monoisotopic (exact) mass is 396 g/mol. The predicted octanol–water partition coefficient (Wildman–Crippen LogP) is 3.80. The second-order valence-corrected chi connectivity index (χ2v) is 10.1. The number of para-hydroxylation sites is 1. The lowest BCUT2D eigenvalue weighted by atomic mass is 9.69. The highest BCUT2D eigenvalue weighted by Crippen LogP contribution is 2.49. The molecule has 3 fully saturated rings. The standard InChI is InChI=1S/C24H36N4O/c1-23(2,3)25-21-20(27-17-15-26(4)16-18-27)24(13-9-6-10-14-24)22(29)28(21)19-11-7-5-8-12-19/h5,7-8,11-12,20H,6,9-10,13-18H2,1-4H3/b25-21-. The largest absolute Gasteiger partial charge is 0.304 e. The van der Waals surface area contributed by atoms with Crippen LogP contribution >= 0.6 is 0 Å². The van der Waals surface area contributed by atoms with Crippen molar-refractivity contribution in [1.29, 1.82) is 0 Å². The Morgan fingerprint density at radius 1 is 0.966 bits per heavy atom. The number of carbonyl (C=O) groups is 1. The van der Waals surface area contributed by atoms with Gasteiger partial charge in [-0.15, -0.1) is 0 Å². The summed E-state index contributed by atoms with van der Waals surface area (Å²) in [7, 11) is 2.19. The predicted molar refractivity (Wildman–Crippen MR) is 119 cm³/mol. The molecule has 0 bridgehead atoms. The van der Waals surface area contributed by atoms with E-state index in [4.69, 9.17) is 4.99 Å². The molecule has 2 saturated heterocycles. The van der Waals surface area contributed by atoms with E-state index in [0.29, 0.717) is 0 Å². The summed E-state index contributed by atoms with van der Waals surface area (Å²) >= 11 is 0. The van der Waals surface area contributed by atoms with Crippen LogP contribution in [0.3, 0.4) is 0 Å². The van der Waals surface area contributed by atoms with Gasteiger partial charge in [-0.3, -0.25) is 19.6 Å². The number of rotatable bonds is 2. The third-order valence-corrected chi connectivity index (χ3v) is 6.74. The topological polar surface area (TPSA) is 39.1 Å². The van der Waals surface area contributed by atoms with Crippen molar-refractivity contribution in [3.63, 3.8) is 0 Å². The van der Waals surface area contributed by atoms with Gasteiger partial charge in [0.1, 0.15) is 5.84 Å². The summed E-state index contributed by atoms with van der Waals surface area (Å²) in [6.07, 6.45) is 5.48. The number of amides is 1. The molecule has 1 unspecified atom stereocenters. The summed E-state index contributed by atoms with van der Waals surface area (Å²) in [6.45, 7) is 10.5. The van der Waals surface area contributed by atoms with E-state index in [9.17, 15) is 4.79 Å². The third-order valence-electron chi connectivity index (χ3n) is 6.74. The lowest BCUT2D eigenvalue weighted by Gasteiger charge is -2.44. The van der Waals surface area contributed by atoms with Crippen molar-refractivity contribution in [3.8, 4) is 0 Å². The number of benzene rings is 1. The Bertz CT molecular complexity index is 753. The smallest absolute Gasteiger partial charge is 0.240 e. The van der Waals surface area contributed by atoms with E-state index >= 15 is 0 Å². The minimum Gasteiger partial charge on any atom is -0.304 e. The fourth-order valence-corrected chi connectivity index (χ4v) is 5.36. The molecule has 1 aliphatic carbocycles. The zero-order valence-corrected chi connectivity index (χ0v) is 18.5. The third kappa shape index (κ3) is 3.87. The number of amidine groups is 1. The number of aliphatic imine (C=N–C) groups is 1. The molecule has 1 aromatic rings. The molecule has 1 saturated carbocycles. The Kier molecular flexibility index (Phi) is 5.56. The average Bonchev–Trinajstić information content (AvgIpc) is 2.90. The Labute approximate surface area is 175 Å². The first kappa shape index (κ1) is 20.5. The first-order chi connectivity index (χ1) is 13.8. The van der Waals surface area contributed by atoms with Gasteiger partial charge in [0.25, 0.3) is 0 Å². The van der Waals surface area contributed by atoms with Crippen LogP contribution in [-0.2, 0) is 4.79 Å². The second-order valence-electron chi connectivity index (χ2n) is 10.1. The summed E-state index contributed by atoms with van der Waals surface area (Å²) in [6, 6.07) is 10.3. The highest BCUT2D eigenvalue weighted by molar-refractivity contribution is 6.27. The van der Waals surface area contributed by atoms with Crippen LogP contribution in [0.15, 0.2) is 35.3 Å². The Hall–Kier alpha value is -1.72. The van der Waals surface area contributed by atoms with E-state index in [1.165, 1.54) is 6.42 Å². The maximum absolute atomic E-state index is 14.1. The number of hydrogen-bond donors (Lipinski definition) is 0. The Balaban J connectivity index is 1.85. The SMILES string of the molecule is CN1CCN(C2/C(=N/C(C)(C)C)N(c3ccccc3)C(=O)C23CCCCC3)CC1. The second kappa shape index (κ2) is 7.84. The molecular weight excluding hydrogens is 360 g/mol. The normalized spacial score (nSPS) is 27.9. The molecular formula is C24H36N4O. The van der Waals surface area contributed by atoms with E-state index in [2.05, 4.69) is 49.8 Å². The van der Waals surface area contributed by atoms with Gasteiger partial charge in [-0.1, -0.05) is 37.5 Å². The molecule has 0 N–H and O–H groups in total. The first-order valence-corrected chi connectivity index (χ1v) is 11.2. The van der Waals surface area contributed by atoms with Gasteiger partial charge >= 0.3 is 0 Å². The quantitative estimate of drug-likeness (QED) is 0.763. The molecule has 29 heavy (non-hydrogen) atoms. The molecule has 4 rings (SSSR count). The van der Waals surface area contributed by atoms with Crippen LogP contribution in [0.2, 0.25) is 0 Å². The molecule has 1 spiro atoms. The van der Waals surface area contributed by atoms with E-state index in [1.54, 1.807) is 0 Å². The van der Waals surface area contributed by atoms with Crippen LogP contribution in [0.1, 0.15) is 52.9 Å². The van der Waals surface area contributed by atoms with Crippen molar-refractivity contribution in [2.75, 3.05) is 38.1 Å². The van der Waals surface area contributed by atoms with Crippen molar-refractivity contribution in [2.24, 2.45) is 10.4 Å². The van der Waals surface area contributed by atoms with Gasteiger partial charge in [0.15, 0.2) is 0 Å². The summed E-state index contributed by atoms with van der Waals surface area (Å²) in [5.41, 5.74) is 0.406. The lowest BCUT2D eigenvalue weighted by molar-refractivity contribution is -0.130. The molecule has 3 aliphatic rings. The van der Waals surface area contributed by atoms with Gasteiger partial charge in [0, 0.05) is 26.2 Å². The molecule has 0 radical (unpaired) electrons. The van der Waals surface area contributed by atoms with Crippen molar-refractivity contribution < 1.29 is 4.79 Å². The molecule has 1 amide bonds. The van der Waals surface area contributed by atoms with E-state index in [0.717, 1.165) is 63.4 Å². The van der Waals surface area contributed by atoms with Gasteiger partial charge in [0.2, 0.25) is 5.91 Å². The van der Waals surface area contributed by atoms with Crippen LogP contribution in [0, 0.1) is 5.41 Å². The van der Waals surface area contributed by atoms with Gasteiger partial charge < -0.3 is 4.90 Å². The lowest BCUT2D eigenvalue weighted by Crippen LogP contribution is -2.57. The van der Waals surface area contributed by atoms with E-state index in [1.807, 2.05) is 23.1 Å². The molecule has 1 atom stereocenters. The molecule has 2 heterocycles. The fraction of sp³-hybridized carbons (Fsp3) is 0.667. The van der Waals surface area contributed by atoms with Gasteiger partial charge in [0.05, 0.1) is 22.7 Å². The Morgan fingerprint density at radius 3 is 2.17 bits per heavy atom. The maximum Gasteiger partial charge on any atom is 0.240 e. The molecule has 1 aromatic carbocycles. The van der Waals surface area contributed by atoms with Crippen molar-refractivity contribution in [1.82, 2.24) is 9.80 Å². The molecule has 158 valence electrons. The zero-order valence-electron chi connectivity index (χ0n) is 18.5. The van der Waals surface area contributed by atoms with Gasteiger partial charge in [-0.05, 0) is 52.8 Å². The van der Waals surface area contributed by atoms with E-state index in [-0.39, 0.29) is 22.9 Å². The molecule has 0 aromatic heterocycles. The average molecular weight is 397 g/mol. The maximum atomic E-state index is 14.1.